The monoisotopic (exact) mass is 634 g/mol. The first-order valence-electron chi connectivity index (χ1n) is 17.1. The van der Waals surface area contributed by atoms with Crippen LogP contribution in [-0.2, 0) is 0 Å². The second kappa shape index (κ2) is 11.5. The van der Waals surface area contributed by atoms with E-state index in [0.29, 0.717) is 5.82 Å². The van der Waals surface area contributed by atoms with Crippen LogP contribution in [-0.4, -0.2) is 9.97 Å². The van der Waals surface area contributed by atoms with E-state index < -0.39 is 0 Å². The fraction of sp³-hybridized carbons (Fsp3) is 0. The first kappa shape index (κ1) is 28.4. The van der Waals surface area contributed by atoms with E-state index in [4.69, 9.17) is 9.97 Å². The summed E-state index contributed by atoms with van der Waals surface area (Å²) in [5.41, 5.74) is 9.74. The lowest BCUT2D eigenvalue weighted by molar-refractivity contribution is 1.18. The maximum Gasteiger partial charge on any atom is 0.160 e. The molecule has 9 aromatic carbocycles. The highest BCUT2D eigenvalue weighted by Crippen LogP contribution is 2.40. The third kappa shape index (κ3) is 4.73. The number of rotatable bonds is 5. The summed E-state index contributed by atoms with van der Waals surface area (Å²) in [6.45, 7) is 0. The predicted octanol–water partition coefficient (Wildman–Crippen LogP) is 12.9. The molecule has 0 atom stereocenters. The number of aromatic nitrogens is 2. The molecule has 1 heterocycles. The molecular formula is C48H30N2. The van der Waals surface area contributed by atoms with Gasteiger partial charge in [0.2, 0.25) is 0 Å². The van der Waals surface area contributed by atoms with Crippen molar-refractivity contribution in [1.82, 2.24) is 9.97 Å². The summed E-state index contributed by atoms with van der Waals surface area (Å²) in [5, 5.41) is 10.2. The average Bonchev–Trinajstić information content (AvgIpc) is 3.20. The van der Waals surface area contributed by atoms with Crippen LogP contribution in [0.15, 0.2) is 182 Å². The molecule has 0 spiro atoms. The molecule has 50 heavy (non-hydrogen) atoms. The molecule has 2 heteroatoms. The Balaban J connectivity index is 1.06. The van der Waals surface area contributed by atoms with Crippen LogP contribution in [0.2, 0.25) is 0 Å². The van der Waals surface area contributed by atoms with E-state index in [0.717, 1.165) is 33.6 Å². The zero-order valence-electron chi connectivity index (χ0n) is 27.2. The standard InChI is InChI=1S/C48H30N2/c1-2-10-37(11-3-1)48-49-44(30-45(50-48)42-18-8-12-32-9-4-5-17-40(32)42)39-16-7-15-38(29-39)31-19-21-33(22-20-31)41-27-25-36-24-23-34-13-6-14-35-26-28-43(41)47(36)46(34)35/h1-30H. The smallest absolute Gasteiger partial charge is 0.160 e. The molecule has 232 valence electrons. The van der Waals surface area contributed by atoms with Crippen molar-refractivity contribution in [1.29, 1.82) is 0 Å². The molecule has 0 unspecified atom stereocenters. The molecule has 10 aromatic rings. The summed E-state index contributed by atoms with van der Waals surface area (Å²) in [6.07, 6.45) is 0. The van der Waals surface area contributed by atoms with Crippen LogP contribution >= 0.6 is 0 Å². The lowest BCUT2D eigenvalue weighted by atomic mass is 9.89. The van der Waals surface area contributed by atoms with Crippen LogP contribution in [0.3, 0.4) is 0 Å². The van der Waals surface area contributed by atoms with Crippen LogP contribution in [0.5, 0.6) is 0 Å². The second-order valence-electron chi connectivity index (χ2n) is 13.0. The Morgan fingerprint density at radius 2 is 0.880 bits per heavy atom. The van der Waals surface area contributed by atoms with Crippen molar-refractivity contribution >= 4 is 43.1 Å². The molecule has 0 aliphatic carbocycles. The number of hydrogen-bond acceptors (Lipinski definition) is 2. The molecule has 0 fully saturated rings. The summed E-state index contributed by atoms with van der Waals surface area (Å²) in [4.78, 5) is 10.2. The van der Waals surface area contributed by atoms with Crippen LogP contribution < -0.4 is 0 Å². The summed E-state index contributed by atoms with van der Waals surface area (Å²) in [5.74, 6) is 0.717. The molecule has 0 saturated carbocycles. The van der Waals surface area contributed by atoms with Crippen molar-refractivity contribution in [2.24, 2.45) is 0 Å². The van der Waals surface area contributed by atoms with E-state index >= 15 is 0 Å². The van der Waals surface area contributed by atoms with Crippen LogP contribution in [0.4, 0.5) is 0 Å². The number of benzene rings is 9. The van der Waals surface area contributed by atoms with E-state index in [1.54, 1.807) is 0 Å². The summed E-state index contributed by atoms with van der Waals surface area (Å²) in [7, 11) is 0. The molecule has 10 rings (SSSR count). The van der Waals surface area contributed by atoms with E-state index in [9.17, 15) is 0 Å². The van der Waals surface area contributed by atoms with Crippen LogP contribution in [0.1, 0.15) is 0 Å². The minimum atomic E-state index is 0.717. The van der Waals surface area contributed by atoms with Gasteiger partial charge in [-0.25, -0.2) is 9.97 Å². The summed E-state index contributed by atoms with van der Waals surface area (Å²) in [6, 6.07) is 65.1. The van der Waals surface area contributed by atoms with Gasteiger partial charge in [0.15, 0.2) is 5.82 Å². The highest BCUT2D eigenvalue weighted by molar-refractivity contribution is 6.25. The average molecular weight is 635 g/mol. The van der Waals surface area contributed by atoms with Crippen LogP contribution in [0, 0.1) is 0 Å². The molecular weight excluding hydrogens is 605 g/mol. The van der Waals surface area contributed by atoms with Crippen LogP contribution in [0.25, 0.3) is 99.2 Å². The SMILES string of the molecule is c1ccc(-c2nc(-c3cccc(-c4ccc(-c5ccc6ccc7cccc8ccc5c6c78)cc4)c3)cc(-c3cccc4ccccc34)n2)cc1. The molecule has 2 nitrogen and oxygen atoms in total. The molecule has 0 N–H and O–H groups in total. The highest BCUT2D eigenvalue weighted by Gasteiger charge is 2.15. The van der Waals surface area contributed by atoms with Crippen molar-refractivity contribution < 1.29 is 0 Å². The molecule has 0 amide bonds. The van der Waals surface area contributed by atoms with E-state index in [-0.39, 0.29) is 0 Å². The maximum absolute atomic E-state index is 5.12. The van der Waals surface area contributed by atoms with Crippen molar-refractivity contribution in [3.63, 3.8) is 0 Å². The van der Waals surface area contributed by atoms with E-state index in [1.807, 2.05) is 18.2 Å². The largest absolute Gasteiger partial charge is 0.228 e. The van der Waals surface area contributed by atoms with Gasteiger partial charge >= 0.3 is 0 Å². The predicted molar refractivity (Wildman–Crippen MR) is 210 cm³/mol. The molecule has 0 radical (unpaired) electrons. The Bertz CT molecular complexity index is 2830. The lowest BCUT2D eigenvalue weighted by Gasteiger charge is -2.14. The Morgan fingerprint density at radius 3 is 1.74 bits per heavy atom. The van der Waals surface area contributed by atoms with Gasteiger partial charge in [-0.15, -0.1) is 0 Å². The van der Waals surface area contributed by atoms with Crippen molar-refractivity contribution in [2.75, 3.05) is 0 Å². The molecule has 0 saturated heterocycles. The first-order valence-corrected chi connectivity index (χ1v) is 17.1. The van der Waals surface area contributed by atoms with E-state index in [2.05, 4.69) is 164 Å². The van der Waals surface area contributed by atoms with Gasteiger partial charge in [-0.1, -0.05) is 170 Å². The van der Waals surface area contributed by atoms with Gasteiger partial charge in [-0.05, 0) is 77.5 Å². The minimum Gasteiger partial charge on any atom is -0.228 e. The molecule has 0 bridgehead atoms. The van der Waals surface area contributed by atoms with Gasteiger partial charge in [0.1, 0.15) is 0 Å². The quantitative estimate of drug-likeness (QED) is 0.176. The topological polar surface area (TPSA) is 25.8 Å². The zero-order chi connectivity index (χ0) is 33.0. The Kier molecular flexibility index (Phi) is 6.53. The minimum absolute atomic E-state index is 0.717. The first-order chi connectivity index (χ1) is 24.8. The molecule has 0 aliphatic rings. The third-order valence-corrected chi connectivity index (χ3v) is 10.0. The van der Waals surface area contributed by atoms with Gasteiger partial charge in [-0.2, -0.15) is 0 Å². The summed E-state index contributed by atoms with van der Waals surface area (Å²) >= 11 is 0. The van der Waals surface area contributed by atoms with Gasteiger partial charge in [0, 0.05) is 16.7 Å². The second-order valence-corrected chi connectivity index (χ2v) is 13.0. The molecule has 0 aliphatic heterocycles. The van der Waals surface area contributed by atoms with Crippen molar-refractivity contribution in [3.05, 3.63) is 182 Å². The fourth-order valence-corrected chi connectivity index (χ4v) is 7.59. The number of nitrogens with zero attached hydrogens (tertiary/aromatic N) is 2. The number of fused-ring (bicyclic) bond motifs is 1. The van der Waals surface area contributed by atoms with Crippen molar-refractivity contribution in [2.45, 2.75) is 0 Å². The summed E-state index contributed by atoms with van der Waals surface area (Å²) < 4.78 is 0. The van der Waals surface area contributed by atoms with E-state index in [1.165, 1.54) is 59.8 Å². The molecule has 1 aromatic heterocycles. The van der Waals surface area contributed by atoms with Gasteiger partial charge in [0.05, 0.1) is 11.4 Å². The normalized spacial score (nSPS) is 11.6. The Hall–Kier alpha value is -6.64. The third-order valence-electron chi connectivity index (χ3n) is 10.0. The van der Waals surface area contributed by atoms with Gasteiger partial charge in [-0.3, -0.25) is 0 Å². The van der Waals surface area contributed by atoms with Gasteiger partial charge < -0.3 is 0 Å². The van der Waals surface area contributed by atoms with Crippen molar-refractivity contribution in [3.8, 4) is 56.2 Å². The highest BCUT2D eigenvalue weighted by atomic mass is 14.9. The number of hydrogen-bond donors (Lipinski definition) is 0. The zero-order valence-corrected chi connectivity index (χ0v) is 27.2. The Morgan fingerprint density at radius 1 is 0.280 bits per heavy atom. The van der Waals surface area contributed by atoms with Gasteiger partial charge in [0.25, 0.3) is 0 Å². The fourth-order valence-electron chi connectivity index (χ4n) is 7.59. The Labute approximate surface area is 290 Å². The maximum atomic E-state index is 5.12. The lowest BCUT2D eigenvalue weighted by Crippen LogP contribution is -1.96.